The van der Waals surface area contributed by atoms with Crippen LogP contribution in [0.4, 0.5) is 5.82 Å². The lowest BCUT2D eigenvalue weighted by atomic mass is 9.82. The van der Waals surface area contributed by atoms with Gasteiger partial charge in [0.2, 0.25) is 0 Å². The number of amides is 1. The number of ether oxygens (including phenoxy) is 1. The fraction of sp³-hybridized carbons (Fsp3) is 0.667. The van der Waals surface area contributed by atoms with Crippen molar-refractivity contribution in [3.05, 3.63) is 17.8 Å². The van der Waals surface area contributed by atoms with E-state index in [9.17, 15) is 4.79 Å². The van der Waals surface area contributed by atoms with E-state index in [0.717, 1.165) is 25.3 Å². The summed E-state index contributed by atoms with van der Waals surface area (Å²) in [6, 6.07) is 3.94. The molecule has 2 fully saturated rings. The van der Waals surface area contributed by atoms with Gasteiger partial charge in [0.1, 0.15) is 5.82 Å². The predicted octanol–water partition coefficient (Wildman–Crippen LogP) is 1.60. The van der Waals surface area contributed by atoms with Crippen LogP contribution in [0.25, 0.3) is 0 Å². The van der Waals surface area contributed by atoms with Gasteiger partial charge in [-0.15, -0.1) is 10.2 Å². The highest BCUT2D eigenvalue weighted by Gasteiger charge is 2.37. The van der Waals surface area contributed by atoms with Crippen LogP contribution in [-0.2, 0) is 4.74 Å². The number of nitrogens with zero attached hydrogens (tertiary/aromatic N) is 2. The fourth-order valence-corrected chi connectivity index (χ4v) is 3.33. The summed E-state index contributed by atoms with van der Waals surface area (Å²) in [7, 11) is 0. The molecule has 0 radical (unpaired) electrons. The normalized spacial score (nSPS) is 28.0. The number of carbonyl (C=O) groups excluding carboxylic acids is 1. The van der Waals surface area contributed by atoms with Gasteiger partial charge in [0.25, 0.3) is 5.91 Å². The lowest BCUT2D eigenvalue weighted by Gasteiger charge is -2.33. The minimum Gasteiger partial charge on any atom is -0.378 e. The Morgan fingerprint density at radius 3 is 3.00 bits per heavy atom. The monoisotopic (exact) mass is 290 g/mol. The van der Waals surface area contributed by atoms with Crippen molar-refractivity contribution in [2.24, 2.45) is 5.92 Å². The van der Waals surface area contributed by atoms with E-state index in [-0.39, 0.29) is 5.91 Å². The Balaban J connectivity index is 1.63. The van der Waals surface area contributed by atoms with E-state index in [0.29, 0.717) is 30.3 Å². The highest BCUT2D eigenvalue weighted by Crippen LogP contribution is 2.35. The maximum Gasteiger partial charge on any atom is 0.271 e. The van der Waals surface area contributed by atoms with Gasteiger partial charge in [-0.3, -0.25) is 4.79 Å². The summed E-state index contributed by atoms with van der Waals surface area (Å²) >= 11 is 0. The Morgan fingerprint density at radius 1 is 1.33 bits per heavy atom. The van der Waals surface area contributed by atoms with Crippen LogP contribution in [0.15, 0.2) is 12.1 Å². The molecular formula is C15H22N4O2. The van der Waals surface area contributed by atoms with Crippen LogP contribution in [0.2, 0.25) is 0 Å². The van der Waals surface area contributed by atoms with Crippen LogP contribution < -0.4 is 10.6 Å². The molecule has 3 atom stereocenters. The quantitative estimate of drug-likeness (QED) is 0.881. The van der Waals surface area contributed by atoms with E-state index in [2.05, 4.69) is 20.8 Å². The van der Waals surface area contributed by atoms with Gasteiger partial charge in [0, 0.05) is 25.1 Å². The molecule has 2 heterocycles. The van der Waals surface area contributed by atoms with Gasteiger partial charge in [-0.25, -0.2) is 0 Å². The van der Waals surface area contributed by atoms with Gasteiger partial charge in [-0.1, -0.05) is 0 Å². The molecule has 1 aliphatic carbocycles. The summed E-state index contributed by atoms with van der Waals surface area (Å²) in [6.07, 6.45) is 5.02. The van der Waals surface area contributed by atoms with E-state index in [1.165, 1.54) is 12.8 Å². The SMILES string of the molecule is CCNC(=O)c1ccc(N[C@@H]2CCC[C@H]3OCC[C@@H]23)nn1. The molecule has 0 spiro atoms. The molecule has 2 aliphatic rings. The second-order valence-electron chi connectivity index (χ2n) is 5.71. The van der Waals surface area contributed by atoms with Crippen molar-refractivity contribution in [1.29, 1.82) is 0 Å². The zero-order valence-corrected chi connectivity index (χ0v) is 12.3. The Bertz CT molecular complexity index is 491. The van der Waals surface area contributed by atoms with Crippen molar-refractivity contribution in [1.82, 2.24) is 15.5 Å². The van der Waals surface area contributed by atoms with Crippen molar-refractivity contribution in [2.45, 2.75) is 44.8 Å². The van der Waals surface area contributed by atoms with Gasteiger partial charge >= 0.3 is 0 Å². The third-order valence-electron chi connectivity index (χ3n) is 4.35. The number of carbonyl (C=O) groups is 1. The smallest absolute Gasteiger partial charge is 0.271 e. The highest BCUT2D eigenvalue weighted by molar-refractivity contribution is 5.92. The molecule has 6 nitrogen and oxygen atoms in total. The number of anilines is 1. The molecule has 2 N–H and O–H groups in total. The van der Waals surface area contributed by atoms with Crippen LogP contribution in [0, 0.1) is 5.92 Å². The Hall–Kier alpha value is -1.69. The van der Waals surface area contributed by atoms with Crippen LogP contribution >= 0.6 is 0 Å². The fourth-order valence-electron chi connectivity index (χ4n) is 3.33. The molecule has 0 unspecified atom stereocenters. The van der Waals surface area contributed by atoms with E-state index < -0.39 is 0 Å². The van der Waals surface area contributed by atoms with Gasteiger partial charge in [0.05, 0.1) is 6.10 Å². The molecule has 1 saturated heterocycles. The molecule has 6 heteroatoms. The molecule has 114 valence electrons. The summed E-state index contributed by atoms with van der Waals surface area (Å²) < 4.78 is 5.77. The average Bonchev–Trinajstić information content (AvgIpc) is 2.98. The average molecular weight is 290 g/mol. The number of fused-ring (bicyclic) bond motifs is 1. The van der Waals surface area contributed by atoms with E-state index in [1.54, 1.807) is 6.07 Å². The van der Waals surface area contributed by atoms with Gasteiger partial charge in [0.15, 0.2) is 5.69 Å². The standard InChI is InChI=1S/C15H22N4O2/c1-2-16-15(20)12-6-7-14(19-18-12)17-11-4-3-5-13-10(11)8-9-21-13/h6-7,10-11,13H,2-5,8-9H2,1H3,(H,16,20)(H,17,19)/t10-,11+,13+/m0/s1. The number of hydrogen-bond donors (Lipinski definition) is 2. The molecule has 3 rings (SSSR count). The van der Waals surface area contributed by atoms with Crippen LogP contribution in [0.3, 0.4) is 0 Å². The molecule has 1 saturated carbocycles. The van der Waals surface area contributed by atoms with E-state index in [4.69, 9.17) is 4.74 Å². The number of hydrogen-bond acceptors (Lipinski definition) is 5. The maximum absolute atomic E-state index is 11.6. The van der Waals surface area contributed by atoms with Gasteiger partial charge < -0.3 is 15.4 Å². The van der Waals surface area contributed by atoms with E-state index in [1.807, 2.05) is 13.0 Å². The first-order chi connectivity index (χ1) is 10.3. The summed E-state index contributed by atoms with van der Waals surface area (Å²) in [5.74, 6) is 1.13. The molecule has 21 heavy (non-hydrogen) atoms. The summed E-state index contributed by atoms with van der Waals surface area (Å²) in [4.78, 5) is 11.6. The number of nitrogens with one attached hydrogen (secondary N) is 2. The summed E-state index contributed by atoms with van der Waals surface area (Å²) in [6.45, 7) is 3.34. The Morgan fingerprint density at radius 2 is 2.24 bits per heavy atom. The first-order valence-corrected chi connectivity index (χ1v) is 7.78. The first kappa shape index (κ1) is 14.3. The second kappa shape index (κ2) is 6.39. The van der Waals surface area contributed by atoms with Crippen LogP contribution in [-0.4, -0.2) is 41.4 Å². The van der Waals surface area contributed by atoms with Crippen molar-refractivity contribution >= 4 is 11.7 Å². The van der Waals surface area contributed by atoms with Crippen molar-refractivity contribution in [2.75, 3.05) is 18.5 Å². The van der Waals surface area contributed by atoms with Gasteiger partial charge in [-0.2, -0.15) is 0 Å². The third-order valence-corrected chi connectivity index (χ3v) is 4.35. The Labute approximate surface area is 124 Å². The first-order valence-electron chi connectivity index (χ1n) is 7.78. The van der Waals surface area contributed by atoms with Crippen molar-refractivity contribution < 1.29 is 9.53 Å². The minimum absolute atomic E-state index is 0.182. The molecule has 1 aromatic heterocycles. The molecule has 1 amide bonds. The molecule has 0 bridgehead atoms. The zero-order valence-electron chi connectivity index (χ0n) is 12.3. The number of aromatic nitrogens is 2. The largest absolute Gasteiger partial charge is 0.378 e. The van der Waals surface area contributed by atoms with Gasteiger partial charge in [-0.05, 0) is 44.7 Å². The Kier molecular flexibility index (Phi) is 4.34. The molecule has 1 aliphatic heterocycles. The zero-order chi connectivity index (χ0) is 14.7. The molecular weight excluding hydrogens is 268 g/mol. The van der Waals surface area contributed by atoms with E-state index >= 15 is 0 Å². The third kappa shape index (κ3) is 3.15. The van der Waals surface area contributed by atoms with Crippen molar-refractivity contribution in [3.8, 4) is 0 Å². The minimum atomic E-state index is -0.182. The predicted molar refractivity (Wildman–Crippen MR) is 79.1 cm³/mol. The van der Waals surface area contributed by atoms with Crippen molar-refractivity contribution in [3.63, 3.8) is 0 Å². The lowest BCUT2D eigenvalue weighted by Crippen LogP contribution is -2.38. The van der Waals surface area contributed by atoms with Crippen LogP contribution in [0.1, 0.15) is 43.1 Å². The topological polar surface area (TPSA) is 76.1 Å². The highest BCUT2D eigenvalue weighted by atomic mass is 16.5. The van der Waals surface area contributed by atoms with Crippen LogP contribution in [0.5, 0.6) is 0 Å². The maximum atomic E-state index is 11.6. The summed E-state index contributed by atoms with van der Waals surface area (Å²) in [5, 5.41) is 14.3. The summed E-state index contributed by atoms with van der Waals surface area (Å²) in [5.41, 5.74) is 0.355. The number of rotatable bonds is 4. The lowest BCUT2D eigenvalue weighted by molar-refractivity contribution is 0.0619. The molecule has 0 aromatic carbocycles. The second-order valence-corrected chi connectivity index (χ2v) is 5.71. The molecule has 1 aromatic rings.